The molecule has 0 unspecified atom stereocenters. The molecule has 2 aromatic rings. The van der Waals surface area contributed by atoms with Crippen molar-refractivity contribution in [3.05, 3.63) is 59.4 Å². The maximum absolute atomic E-state index is 13.8. The minimum absolute atomic E-state index is 0.0777. The predicted molar refractivity (Wildman–Crippen MR) is 114 cm³/mol. The number of benzene rings is 2. The topological polar surface area (TPSA) is 66.9 Å². The second kappa shape index (κ2) is 10.5. The predicted octanol–water partition coefficient (Wildman–Crippen LogP) is 3.46. The molecule has 0 aliphatic heterocycles. The second-order valence-electron chi connectivity index (χ2n) is 6.95. The second-order valence-corrected chi connectivity index (χ2v) is 8.89. The summed E-state index contributed by atoms with van der Waals surface area (Å²) in [5.74, 6) is -0.374. The van der Waals surface area contributed by atoms with Crippen LogP contribution in [0, 0.1) is 5.82 Å². The maximum atomic E-state index is 13.8. The van der Waals surface area contributed by atoms with Crippen molar-refractivity contribution >= 4 is 15.9 Å². The standard InChI is InChI=1S/C22H29FN2O4S/c1-5-25(6-2)30(27,28)19-11-7-17(8-12-19)10-14-22(26)24(3)16-18-9-13-21(29-4)20(23)15-18/h7-9,11-13,15H,5-6,10,14,16H2,1-4H3. The van der Waals surface area contributed by atoms with Crippen LogP contribution in [0.3, 0.4) is 0 Å². The molecular formula is C22H29FN2O4S. The largest absolute Gasteiger partial charge is 0.494 e. The number of rotatable bonds is 10. The highest BCUT2D eigenvalue weighted by Gasteiger charge is 2.21. The van der Waals surface area contributed by atoms with Crippen molar-refractivity contribution in [2.45, 2.75) is 38.1 Å². The molecule has 6 nitrogen and oxygen atoms in total. The number of amides is 1. The molecule has 30 heavy (non-hydrogen) atoms. The average Bonchev–Trinajstić information content (AvgIpc) is 2.73. The molecule has 1 amide bonds. The molecule has 8 heteroatoms. The number of hydrogen-bond acceptors (Lipinski definition) is 4. The lowest BCUT2D eigenvalue weighted by atomic mass is 10.1. The smallest absolute Gasteiger partial charge is 0.243 e. The number of sulfonamides is 1. The van der Waals surface area contributed by atoms with Gasteiger partial charge in [0.05, 0.1) is 12.0 Å². The van der Waals surface area contributed by atoms with E-state index in [2.05, 4.69) is 0 Å². The quantitative estimate of drug-likeness (QED) is 0.572. The van der Waals surface area contributed by atoms with E-state index >= 15 is 0 Å². The van der Waals surface area contributed by atoms with Gasteiger partial charge in [0.25, 0.3) is 0 Å². The number of carbonyl (C=O) groups is 1. The van der Waals surface area contributed by atoms with Crippen molar-refractivity contribution in [2.75, 3.05) is 27.2 Å². The molecule has 164 valence electrons. The molecule has 0 bridgehead atoms. The van der Waals surface area contributed by atoms with E-state index in [1.807, 2.05) is 0 Å². The van der Waals surface area contributed by atoms with Gasteiger partial charge in [-0.25, -0.2) is 12.8 Å². The van der Waals surface area contributed by atoms with E-state index in [4.69, 9.17) is 4.74 Å². The van der Waals surface area contributed by atoms with Crippen LogP contribution in [-0.2, 0) is 27.8 Å². The van der Waals surface area contributed by atoms with E-state index in [1.54, 1.807) is 56.1 Å². The third-order valence-corrected chi connectivity index (χ3v) is 7.02. The number of methoxy groups -OCH3 is 1. The minimum Gasteiger partial charge on any atom is -0.494 e. The number of hydrogen-bond donors (Lipinski definition) is 0. The van der Waals surface area contributed by atoms with Gasteiger partial charge in [-0.15, -0.1) is 0 Å². The number of ether oxygens (including phenoxy) is 1. The first-order valence-corrected chi connectivity index (χ1v) is 11.3. The van der Waals surface area contributed by atoms with E-state index in [9.17, 15) is 17.6 Å². The van der Waals surface area contributed by atoms with Gasteiger partial charge in [-0.05, 0) is 41.8 Å². The normalized spacial score (nSPS) is 11.5. The lowest BCUT2D eigenvalue weighted by Gasteiger charge is -2.19. The lowest BCUT2D eigenvalue weighted by molar-refractivity contribution is -0.130. The fourth-order valence-corrected chi connectivity index (χ4v) is 4.61. The van der Waals surface area contributed by atoms with E-state index in [0.717, 1.165) is 5.56 Å². The summed E-state index contributed by atoms with van der Waals surface area (Å²) in [7, 11) is -0.414. The molecule has 0 heterocycles. The molecular weight excluding hydrogens is 407 g/mol. The van der Waals surface area contributed by atoms with Crippen LogP contribution in [0.1, 0.15) is 31.4 Å². The Morgan fingerprint density at radius 1 is 1.03 bits per heavy atom. The van der Waals surface area contributed by atoms with E-state index in [-0.39, 0.29) is 23.0 Å². The zero-order valence-corrected chi connectivity index (χ0v) is 18.7. The summed E-state index contributed by atoms with van der Waals surface area (Å²) in [6.45, 7) is 4.73. The number of nitrogens with zero attached hydrogens (tertiary/aromatic N) is 2. The monoisotopic (exact) mass is 436 g/mol. The molecule has 0 saturated heterocycles. The fourth-order valence-electron chi connectivity index (χ4n) is 3.15. The molecule has 0 saturated carbocycles. The van der Waals surface area contributed by atoms with Crippen molar-refractivity contribution in [1.82, 2.24) is 9.21 Å². The van der Waals surface area contributed by atoms with Crippen LogP contribution in [0.2, 0.25) is 0 Å². The Balaban J connectivity index is 1.95. The molecule has 0 spiro atoms. The van der Waals surface area contributed by atoms with Crippen LogP contribution in [0.4, 0.5) is 4.39 Å². The van der Waals surface area contributed by atoms with Crippen LogP contribution in [-0.4, -0.2) is 50.8 Å². The Labute approximate surface area is 178 Å². The molecule has 0 atom stereocenters. The Morgan fingerprint density at radius 3 is 2.17 bits per heavy atom. The number of aryl methyl sites for hydroxylation is 1. The van der Waals surface area contributed by atoms with Crippen molar-refractivity contribution in [3.63, 3.8) is 0 Å². The van der Waals surface area contributed by atoms with Gasteiger partial charge in [0, 0.05) is 33.1 Å². The van der Waals surface area contributed by atoms with Crippen molar-refractivity contribution < 1.29 is 22.3 Å². The number of halogens is 1. The van der Waals surface area contributed by atoms with Crippen LogP contribution in [0.15, 0.2) is 47.4 Å². The van der Waals surface area contributed by atoms with Crippen LogP contribution >= 0.6 is 0 Å². The summed E-state index contributed by atoms with van der Waals surface area (Å²) < 4.78 is 45.2. The first kappa shape index (κ1) is 23.8. The molecule has 2 rings (SSSR count). The van der Waals surface area contributed by atoms with Gasteiger partial charge in [0.1, 0.15) is 0 Å². The summed E-state index contributed by atoms with van der Waals surface area (Å²) in [5.41, 5.74) is 1.56. The third kappa shape index (κ3) is 5.79. The fraction of sp³-hybridized carbons (Fsp3) is 0.409. The van der Waals surface area contributed by atoms with Crippen LogP contribution in [0.5, 0.6) is 5.75 Å². The molecule has 0 fully saturated rings. The zero-order chi connectivity index (χ0) is 22.3. The summed E-state index contributed by atoms with van der Waals surface area (Å²) in [6, 6.07) is 11.3. The first-order valence-electron chi connectivity index (χ1n) is 9.88. The highest BCUT2D eigenvalue weighted by atomic mass is 32.2. The van der Waals surface area contributed by atoms with Gasteiger partial charge in [-0.1, -0.05) is 32.0 Å². The molecule has 0 aromatic heterocycles. The average molecular weight is 437 g/mol. The molecule has 0 aliphatic carbocycles. The van der Waals surface area contributed by atoms with E-state index < -0.39 is 15.8 Å². The van der Waals surface area contributed by atoms with Crippen molar-refractivity contribution in [3.8, 4) is 5.75 Å². The van der Waals surface area contributed by atoms with E-state index in [1.165, 1.54) is 23.5 Å². The molecule has 0 radical (unpaired) electrons. The summed E-state index contributed by atoms with van der Waals surface area (Å²) in [4.78, 5) is 14.2. The van der Waals surface area contributed by atoms with Gasteiger partial charge >= 0.3 is 0 Å². The Bertz CT molecular complexity index is 958. The zero-order valence-electron chi connectivity index (χ0n) is 17.9. The maximum Gasteiger partial charge on any atom is 0.243 e. The van der Waals surface area contributed by atoms with Crippen molar-refractivity contribution in [1.29, 1.82) is 0 Å². The van der Waals surface area contributed by atoms with Gasteiger partial charge in [-0.3, -0.25) is 4.79 Å². The van der Waals surface area contributed by atoms with Gasteiger partial charge in [0.15, 0.2) is 11.6 Å². The Morgan fingerprint density at radius 2 is 1.63 bits per heavy atom. The SMILES string of the molecule is CCN(CC)S(=O)(=O)c1ccc(CCC(=O)N(C)Cc2ccc(OC)c(F)c2)cc1. The molecule has 0 aliphatic rings. The minimum atomic E-state index is -3.49. The summed E-state index contributed by atoms with van der Waals surface area (Å²) in [6.07, 6.45) is 0.767. The molecule has 0 N–H and O–H groups in total. The summed E-state index contributed by atoms with van der Waals surface area (Å²) >= 11 is 0. The van der Waals surface area contributed by atoms with E-state index in [0.29, 0.717) is 31.6 Å². The van der Waals surface area contributed by atoms with Crippen molar-refractivity contribution in [2.24, 2.45) is 0 Å². The van der Waals surface area contributed by atoms with Gasteiger partial charge < -0.3 is 9.64 Å². The van der Waals surface area contributed by atoms with Crippen LogP contribution < -0.4 is 4.74 Å². The van der Waals surface area contributed by atoms with Gasteiger partial charge in [0.2, 0.25) is 15.9 Å². The van der Waals surface area contributed by atoms with Crippen LogP contribution in [0.25, 0.3) is 0 Å². The number of carbonyl (C=O) groups excluding carboxylic acids is 1. The highest BCUT2D eigenvalue weighted by Crippen LogP contribution is 2.19. The first-order chi connectivity index (χ1) is 14.2. The third-order valence-electron chi connectivity index (χ3n) is 4.96. The summed E-state index contributed by atoms with van der Waals surface area (Å²) in [5, 5.41) is 0. The molecule has 2 aromatic carbocycles. The highest BCUT2D eigenvalue weighted by molar-refractivity contribution is 7.89. The Kier molecular flexibility index (Phi) is 8.37. The Hall–Kier alpha value is -2.45. The van der Waals surface area contributed by atoms with Gasteiger partial charge in [-0.2, -0.15) is 4.31 Å². The lowest BCUT2D eigenvalue weighted by Crippen LogP contribution is -2.30.